The second-order valence-corrected chi connectivity index (χ2v) is 6.99. The molecule has 1 unspecified atom stereocenters. The summed E-state index contributed by atoms with van der Waals surface area (Å²) in [6, 6.07) is 8.93. The van der Waals surface area contributed by atoms with Crippen LogP contribution in [-0.2, 0) is 4.79 Å². The molecule has 2 saturated heterocycles. The molecule has 0 saturated carbocycles. The fourth-order valence-corrected chi connectivity index (χ4v) is 3.70. The number of nitrogens with zero attached hydrogens (tertiary/aromatic N) is 1. The highest BCUT2D eigenvalue weighted by Crippen LogP contribution is 2.30. The van der Waals surface area contributed by atoms with Crippen molar-refractivity contribution in [1.29, 1.82) is 0 Å². The average molecular weight is 388 g/mol. The van der Waals surface area contributed by atoms with Gasteiger partial charge in [-0.3, -0.25) is 15.6 Å². The minimum atomic E-state index is -0.532. The molecule has 1 atom stereocenters. The Morgan fingerprint density at radius 3 is 2.57 bits per heavy atom. The Kier molecular flexibility index (Phi) is 5.15. The van der Waals surface area contributed by atoms with Crippen LogP contribution < -0.4 is 25.8 Å². The van der Waals surface area contributed by atoms with E-state index in [4.69, 9.17) is 4.74 Å². The summed E-state index contributed by atoms with van der Waals surface area (Å²) in [5.41, 5.74) is 7.71. The van der Waals surface area contributed by atoms with E-state index in [1.54, 1.807) is 12.1 Å². The average Bonchev–Trinajstić information content (AvgIpc) is 3.33. The van der Waals surface area contributed by atoms with Gasteiger partial charge in [-0.25, -0.2) is 8.78 Å². The van der Waals surface area contributed by atoms with Gasteiger partial charge in [-0.2, -0.15) is 0 Å². The quantitative estimate of drug-likeness (QED) is 0.734. The third-order valence-electron chi connectivity index (χ3n) is 5.25. The van der Waals surface area contributed by atoms with E-state index in [9.17, 15) is 13.6 Å². The number of carbonyl (C=O) groups excluding carboxylic acids is 1. The van der Waals surface area contributed by atoms with Crippen LogP contribution in [0.4, 0.5) is 20.2 Å². The van der Waals surface area contributed by atoms with Gasteiger partial charge in [-0.05, 0) is 36.2 Å². The Hall–Kier alpha value is -2.71. The molecule has 0 aliphatic carbocycles. The topological polar surface area (TPSA) is 65.6 Å². The van der Waals surface area contributed by atoms with E-state index in [2.05, 4.69) is 16.2 Å². The van der Waals surface area contributed by atoms with Crippen molar-refractivity contribution in [3.05, 3.63) is 53.6 Å². The van der Waals surface area contributed by atoms with Crippen LogP contribution in [0.3, 0.4) is 0 Å². The van der Waals surface area contributed by atoms with E-state index in [-0.39, 0.29) is 23.3 Å². The van der Waals surface area contributed by atoms with Gasteiger partial charge in [0.1, 0.15) is 11.9 Å². The Labute approximate surface area is 161 Å². The van der Waals surface area contributed by atoms with Crippen LogP contribution in [0.1, 0.15) is 17.9 Å². The number of rotatable bonds is 5. The first-order valence-electron chi connectivity index (χ1n) is 9.23. The number of hydrogen-bond donors (Lipinski definition) is 3. The maximum atomic E-state index is 14.7. The first-order chi connectivity index (χ1) is 13.6. The largest absolute Gasteiger partial charge is 0.494 e. The molecule has 2 aromatic carbocycles. The van der Waals surface area contributed by atoms with E-state index in [0.29, 0.717) is 18.7 Å². The number of nitrogens with one attached hydrogen (secondary N) is 3. The fraction of sp³-hybridized carbons (Fsp3) is 0.350. The zero-order chi connectivity index (χ0) is 19.7. The van der Waals surface area contributed by atoms with E-state index in [0.717, 1.165) is 18.7 Å². The molecule has 2 aliphatic rings. The van der Waals surface area contributed by atoms with E-state index in [1.807, 2.05) is 6.07 Å². The molecule has 0 aromatic heterocycles. The van der Waals surface area contributed by atoms with Gasteiger partial charge in [0.25, 0.3) is 0 Å². The molecule has 2 aliphatic heterocycles. The molecule has 3 N–H and O–H groups in total. The number of hydrazine groups is 1. The van der Waals surface area contributed by atoms with E-state index in [1.165, 1.54) is 30.2 Å². The molecular formula is C20H22F2N4O2. The van der Waals surface area contributed by atoms with Crippen LogP contribution in [0.5, 0.6) is 5.75 Å². The van der Waals surface area contributed by atoms with Crippen LogP contribution in [-0.4, -0.2) is 38.7 Å². The van der Waals surface area contributed by atoms with Gasteiger partial charge < -0.3 is 15.0 Å². The molecule has 2 heterocycles. The van der Waals surface area contributed by atoms with Crippen molar-refractivity contribution in [2.45, 2.75) is 18.4 Å². The van der Waals surface area contributed by atoms with Gasteiger partial charge in [-0.15, -0.1) is 0 Å². The molecule has 6 nitrogen and oxygen atoms in total. The lowest BCUT2D eigenvalue weighted by atomic mass is 10.00. The predicted molar refractivity (Wildman–Crippen MR) is 102 cm³/mol. The zero-order valence-electron chi connectivity index (χ0n) is 15.5. The minimum Gasteiger partial charge on any atom is -0.494 e. The molecule has 4 rings (SSSR count). The van der Waals surface area contributed by atoms with Crippen molar-refractivity contribution in [3.63, 3.8) is 0 Å². The smallest absolute Gasteiger partial charge is 0.249 e. The second-order valence-electron chi connectivity index (χ2n) is 6.99. The molecule has 1 amide bonds. The molecule has 2 fully saturated rings. The van der Waals surface area contributed by atoms with Gasteiger partial charge in [0.15, 0.2) is 11.6 Å². The molecule has 0 radical (unpaired) electrons. The van der Waals surface area contributed by atoms with Gasteiger partial charge in [0, 0.05) is 37.3 Å². The fourth-order valence-electron chi connectivity index (χ4n) is 3.70. The molecule has 28 heavy (non-hydrogen) atoms. The zero-order valence-corrected chi connectivity index (χ0v) is 15.5. The van der Waals surface area contributed by atoms with E-state index >= 15 is 0 Å². The van der Waals surface area contributed by atoms with E-state index < -0.39 is 17.7 Å². The molecule has 0 spiro atoms. The molecular weight excluding hydrogens is 366 g/mol. The van der Waals surface area contributed by atoms with Crippen LogP contribution in [0, 0.1) is 11.6 Å². The first kappa shape index (κ1) is 18.6. The summed E-state index contributed by atoms with van der Waals surface area (Å²) >= 11 is 0. The van der Waals surface area contributed by atoms with Crippen molar-refractivity contribution < 1.29 is 18.3 Å². The molecule has 148 valence electrons. The third kappa shape index (κ3) is 3.53. The van der Waals surface area contributed by atoms with Gasteiger partial charge in [0.2, 0.25) is 5.91 Å². The Morgan fingerprint density at radius 2 is 1.89 bits per heavy atom. The predicted octanol–water partition coefficient (Wildman–Crippen LogP) is 2.38. The number of carbonyl (C=O) groups is 1. The monoisotopic (exact) mass is 388 g/mol. The number of anilines is 2. The number of hydrogen-bond acceptors (Lipinski definition) is 5. The van der Waals surface area contributed by atoms with Crippen molar-refractivity contribution in [2.75, 3.05) is 37.0 Å². The molecule has 0 bridgehead atoms. The van der Waals surface area contributed by atoms with Crippen molar-refractivity contribution in [1.82, 2.24) is 10.9 Å². The summed E-state index contributed by atoms with van der Waals surface area (Å²) in [4.78, 5) is 14.2. The van der Waals surface area contributed by atoms with Crippen LogP contribution in [0.2, 0.25) is 0 Å². The van der Waals surface area contributed by atoms with Crippen molar-refractivity contribution in [2.24, 2.45) is 0 Å². The number of halogens is 2. The van der Waals surface area contributed by atoms with Crippen molar-refractivity contribution >= 4 is 17.3 Å². The first-order valence-corrected chi connectivity index (χ1v) is 9.23. The van der Waals surface area contributed by atoms with Crippen molar-refractivity contribution in [3.8, 4) is 5.75 Å². The number of benzene rings is 2. The van der Waals surface area contributed by atoms with Gasteiger partial charge >= 0.3 is 0 Å². The molecule has 8 heteroatoms. The highest BCUT2D eigenvalue weighted by molar-refractivity contribution is 6.01. The summed E-state index contributed by atoms with van der Waals surface area (Å²) < 4.78 is 33.5. The maximum Gasteiger partial charge on any atom is 0.249 e. The van der Waals surface area contributed by atoms with Crippen LogP contribution >= 0.6 is 0 Å². The third-order valence-corrected chi connectivity index (χ3v) is 5.25. The minimum absolute atomic E-state index is 0.139. The molecule has 2 aromatic rings. The van der Waals surface area contributed by atoms with Crippen LogP contribution in [0.25, 0.3) is 0 Å². The number of methoxy groups -OCH3 is 1. The Balaban J connectivity index is 1.47. The van der Waals surface area contributed by atoms with Gasteiger partial charge in [0.05, 0.1) is 12.8 Å². The highest BCUT2D eigenvalue weighted by Gasteiger charge is 2.34. The van der Waals surface area contributed by atoms with Gasteiger partial charge in [-0.1, -0.05) is 6.07 Å². The summed E-state index contributed by atoms with van der Waals surface area (Å²) in [6.07, 6.45) is 0.504. The summed E-state index contributed by atoms with van der Waals surface area (Å²) in [5, 5.41) is 3.03. The number of ether oxygens (including phenoxy) is 1. The maximum absolute atomic E-state index is 14.7. The number of amides is 1. The lowest BCUT2D eigenvalue weighted by Gasteiger charge is -2.20. The van der Waals surface area contributed by atoms with Crippen LogP contribution in [0.15, 0.2) is 36.4 Å². The lowest BCUT2D eigenvalue weighted by Crippen LogP contribution is -2.34. The Bertz CT molecular complexity index is 887. The highest BCUT2D eigenvalue weighted by atomic mass is 19.1. The SMILES string of the molecule is COc1ccc(NC2CCN(c3ccc(C4CNNC4)cc3F)C2=O)cc1F. The standard InChI is InChI=1S/C20H22F2N4O2/c1-28-19-5-3-14(9-16(19)22)25-17-6-7-26(20(17)27)18-4-2-12(8-15(18)21)13-10-23-24-11-13/h2-5,8-9,13,17,23-25H,6-7,10-11H2,1H3. The normalized spacial score (nSPS) is 20.0. The second kappa shape index (κ2) is 7.73. The summed E-state index contributed by atoms with van der Waals surface area (Å²) in [5.74, 6) is -0.801. The summed E-state index contributed by atoms with van der Waals surface area (Å²) in [6.45, 7) is 1.88. The summed E-state index contributed by atoms with van der Waals surface area (Å²) in [7, 11) is 1.39. The Morgan fingerprint density at radius 1 is 1.11 bits per heavy atom. The lowest BCUT2D eigenvalue weighted by molar-refractivity contribution is -0.117.